The first-order chi connectivity index (χ1) is 6.67. The summed E-state index contributed by atoms with van der Waals surface area (Å²) in [4.78, 5) is 21.3. The van der Waals surface area contributed by atoms with E-state index in [1.807, 2.05) is 13.0 Å². The summed E-state index contributed by atoms with van der Waals surface area (Å²) in [5, 5.41) is 2.77. The van der Waals surface area contributed by atoms with Gasteiger partial charge in [0.1, 0.15) is 6.54 Å². The lowest BCUT2D eigenvalue weighted by Crippen LogP contribution is -2.02. The third-order valence-electron chi connectivity index (χ3n) is 1.81. The number of aryl methyl sites for hydroxylation is 1. The normalized spacial score (nSPS) is 9.57. The number of carbonyl (C=O) groups excluding carboxylic acids is 1. The van der Waals surface area contributed by atoms with E-state index >= 15 is 0 Å². The lowest BCUT2D eigenvalue weighted by molar-refractivity contribution is 0.0600. The van der Waals surface area contributed by atoms with Crippen LogP contribution in [-0.2, 0) is 11.3 Å². The first kappa shape index (κ1) is 10.4. The zero-order valence-electron chi connectivity index (χ0n) is 8.11. The summed E-state index contributed by atoms with van der Waals surface area (Å²) in [7, 11) is 1.32. The number of nitrogens with zero attached hydrogens (tertiary/aromatic N) is 1. The fourth-order valence-corrected chi connectivity index (χ4v) is 1.26. The summed E-state index contributed by atoms with van der Waals surface area (Å²) < 4.78 is 4.58. The molecule has 0 aliphatic carbocycles. The molecule has 1 aromatic carbocycles. The predicted octanol–water partition coefficient (Wildman–Crippen LogP) is 2.05. The van der Waals surface area contributed by atoms with Crippen molar-refractivity contribution in [1.82, 2.24) is 0 Å². The minimum absolute atomic E-state index is 0.0751. The Morgan fingerprint density at radius 1 is 1.43 bits per heavy atom. The summed E-state index contributed by atoms with van der Waals surface area (Å²) in [6, 6.07) is 5.13. The first-order valence-electron chi connectivity index (χ1n) is 4.15. The summed E-state index contributed by atoms with van der Waals surface area (Å²) in [5.41, 5.74) is 2.08. The van der Waals surface area contributed by atoms with Gasteiger partial charge >= 0.3 is 5.97 Å². The second-order valence-corrected chi connectivity index (χ2v) is 2.99. The predicted molar refractivity (Wildman–Crippen MR) is 52.0 cm³/mol. The number of ether oxygens (including phenoxy) is 1. The molecule has 0 saturated heterocycles. The molecule has 0 N–H and O–H groups in total. The molecule has 14 heavy (non-hydrogen) atoms. The van der Waals surface area contributed by atoms with Gasteiger partial charge in [0.25, 0.3) is 0 Å². The zero-order valence-corrected chi connectivity index (χ0v) is 8.11. The van der Waals surface area contributed by atoms with Gasteiger partial charge in [0.05, 0.1) is 12.7 Å². The molecule has 0 bridgehead atoms. The summed E-state index contributed by atoms with van der Waals surface area (Å²) in [6.07, 6.45) is 0. The second kappa shape index (κ2) is 4.50. The van der Waals surface area contributed by atoms with E-state index in [9.17, 15) is 9.70 Å². The van der Waals surface area contributed by atoms with Gasteiger partial charge in [-0.05, 0) is 30.2 Å². The van der Waals surface area contributed by atoms with E-state index in [1.54, 1.807) is 12.1 Å². The van der Waals surface area contributed by atoms with Crippen LogP contribution in [0.2, 0.25) is 0 Å². The smallest absolute Gasteiger partial charge is 0.337 e. The van der Waals surface area contributed by atoms with Gasteiger partial charge in [-0.3, -0.25) is 0 Å². The van der Waals surface area contributed by atoms with Gasteiger partial charge in [-0.15, -0.1) is 0 Å². The minimum atomic E-state index is -0.402. The first-order valence-corrected chi connectivity index (χ1v) is 4.15. The number of esters is 1. The standard InChI is InChI=1S/C10H11NO3/c1-7-3-8(6-11-13)5-9(4-7)10(12)14-2/h3-5H,6H2,1-2H3. The molecule has 1 rings (SSSR count). The van der Waals surface area contributed by atoms with E-state index in [0.29, 0.717) is 5.56 Å². The topological polar surface area (TPSA) is 55.7 Å². The number of methoxy groups -OCH3 is 1. The maximum Gasteiger partial charge on any atom is 0.337 e. The highest BCUT2D eigenvalue weighted by Gasteiger charge is 2.07. The van der Waals surface area contributed by atoms with Crippen molar-refractivity contribution in [2.24, 2.45) is 5.18 Å². The molecular formula is C10H11NO3. The van der Waals surface area contributed by atoms with Gasteiger partial charge in [-0.1, -0.05) is 11.2 Å². The van der Waals surface area contributed by atoms with Gasteiger partial charge in [-0.2, -0.15) is 4.91 Å². The van der Waals surface area contributed by atoms with Gasteiger partial charge in [0.2, 0.25) is 0 Å². The van der Waals surface area contributed by atoms with Crippen molar-refractivity contribution < 1.29 is 9.53 Å². The molecule has 1 aromatic rings. The van der Waals surface area contributed by atoms with Crippen LogP contribution < -0.4 is 0 Å². The highest BCUT2D eigenvalue weighted by molar-refractivity contribution is 5.89. The van der Waals surface area contributed by atoms with Crippen molar-refractivity contribution in [3.05, 3.63) is 39.8 Å². The monoisotopic (exact) mass is 193 g/mol. The molecule has 0 saturated carbocycles. The van der Waals surface area contributed by atoms with Crippen LogP contribution in [0.1, 0.15) is 21.5 Å². The van der Waals surface area contributed by atoms with Crippen molar-refractivity contribution >= 4 is 5.97 Å². The maximum atomic E-state index is 11.2. The molecule has 0 aliphatic rings. The van der Waals surface area contributed by atoms with Crippen molar-refractivity contribution in [2.45, 2.75) is 13.5 Å². The Morgan fingerprint density at radius 2 is 2.14 bits per heavy atom. The highest BCUT2D eigenvalue weighted by Crippen LogP contribution is 2.11. The summed E-state index contributed by atoms with van der Waals surface area (Å²) >= 11 is 0. The molecular weight excluding hydrogens is 182 g/mol. The van der Waals surface area contributed by atoms with Crippen LogP contribution in [0.5, 0.6) is 0 Å². The lowest BCUT2D eigenvalue weighted by Gasteiger charge is -2.03. The Hall–Kier alpha value is -1.71. The minimum Gasteiger partial charge on any atom is -0.465 e. The molecule has 0 amide bonds. The van der Waals surface area contributed by atoms with E-state index in [0.717, 1.165) is 11.1 Å². The lowest BCUT2D eigenvalue weighted by atomic mass is 10.1. The molecule has 4 heteroatoms. The molecule has 0 aliphatic heterocycles. The van der Waals surface area contributed by atoms with Crippen molar-refractivity contribution in [2.75, 3.05) is 7.11 Å². The molecule has 0 atom stereocenters. The largest absolute Gasteiger partial charge is 0.465 e. The Bertz CT molecular complexity index is 360. The van der Waals surface area contributed by atoms with Crippen LogP contribution in [0.3, 0.4) is 0 Å². The van der Waals surface area contributed by atoms with Crippen molar-refractivity contribution in [3.63, 3.8) is 0 Å². The molecule has 0 heterocycles. The number of hydrogen-bond acceptors (Lipinski definition) is 4. The fourth-order valence-electron chi connectivity index (χ4n) is 1.26. The molecule has 0 radical (unpaired) electrons. The molecule has 0 unspecified atom stereocenters. The summed E-state index contributed by atoms with van der Waals surface area (Å²) in [6.45, 7) is 1.92. The van der Waals surface area contributed by atoms with Crippen LogP contribution in [0.15, 0.2) is 23.4 Å². The van der Waals surface area contributed by atoms with E-state index in [4.69, 9.17) is 0 Å². The fraction of sp³-hybridized carbons (Fsp3) is 0.300. The third kappa shape index (κ3) is 2.39. The average Bonchev–Trinajstić information content (AvgIpc) is 2.16. The quantitative estimate of drug-likeness (QED) is 0.545. The van der Waals surface area contributed by atoms with Crippen LogP contribution in [0.4, 0.5) is 0 Å². The molecule has 74 valence electrons. The van der Waals surface area contributed by atoms with Crippen LogP contribution in [-0.4, -0.2) is 13.1 Å². The van der Waals surface area contributed by atoms with E-state index in [-0.39, 0.29) is 6.54 Å². The Labute approximate surface area is 81.9 Å². The zero-order chi connectivity index (χ0) is 10.6. The summed E-state index contributed by atoms with van der Waals surface area (Å²) in [5.74, 6) is -0.402. The second-order valence-electron chi connectivity index (χ2n) is 2.99. The molecule has 0 fully saturated rings. The van der Waals surface area contributed by atoms with Crippen LogP contribution >= 0.6 is 0 Å². The Kier molecular flexibility index (Phi) is 3.34. The number of rotatable bonds is 3. The number of carbonyl (C=O) groups is 1. The third-order valence-corrected chi connectivity index (χ3v) is 1.81. The SMILES string of the molecule is COC(=O)c1cc(C)cc(CN=O)c1. The van der Waals surface area contributed by atoms with Gasteiger partial charge in [0, 0.05) is 0 Å². The van der Waals surface area contributed by atoms with Gasteiger partial charge in [-0.25, -0.2) is 4.79 Å². The number of benzene rings is 1. The number of nitroso groups, excluding NO2 is 1. The van der Waals surface area contributed by atoms with Gasteiger partial charge < -0.3 is 4.74 Å². The van der Waals surface area contributed by atoms with Crippen molar-refractivity contribution in [1.29, 1.82) is 0 Å². The highest BCUT2D eigenvalue weighted by atomic mass is 16.5. The van der Waals surface area contributed by atoms with Crippen LogP contribution in [0, 0.1) is 11.8 Å². The average molecular weight is 193 g/mol. The van der Waals surface area contributed by atoms with Crippen molar-refractivity contribution in [3.8, 4) is 0 Å². The Morgan fingerprint density at radius 3 is 2.71 bits per heavy atom. The Balaban J connectivity index is 3.06. The number of hydrogen-bond donors (Lipinski definition) is 0. The molecule has 4 nitrogen and oxygen atoms in total. The van der Waals surface area contributed by atoms with Gasteiger partial charge in [0.15, 0.2) is 0 Å². The molecule has 0 aromatic heterocycles. The maximum absolute atomic E-state index is 11.2. The van der Waals surface area contributed by atoms with E-state index in [2.05, 4.69) is 9.91 Å². The van der Waals surface area contributed by atoms with Crippen LogP contribution in [0.25, 0.3) is 0 Å². The van der Waals surface area contributed by atoms with E-state index < -0.39 is 5.97 Å². The molecule has 0 spiro atoms. The van der Waals surface area contributed by atoms with E-state index in [1.165, 1.54) is 7.11 Å².